The lowest BCUT2D eigenvalue weighted by atomic mass is 10.3. The summed E-state index contributed by atoms with van der Waals surface area (Å²) in [4.78, 5) is 23.5. The minimum atomic E-state index is -3.92. The normalized spacial score (nSPS) is 10.8. The zero-order valence-electron chi connectivity index (χ0n) is 16.3. The lowest BCUT2D eigenvalue weighted by Gasteiger charge is -2.14. The van der Waals surface area contributed by atoms with Gasteiger partial charge in [0.1, 0.15) is 0 Å². The summed E-state index contributed by atoms with van der Waals surface area (Å²) < 4.78 is 28.7. The maximum atomic E-state index is 12.8. The zero-order chi connectivity index (χ0) is 22.4. The van der Waals surface area contributed by atoms with Crippen LogP contribution < -0.4 is 20.7 Å². The average molecular weight is 503 g/mol. The molecule has 0 radical (unpaired) electrons. The standard InChI is InChI=1S/C21H19BrN4O4S/c1-14(27)23-15-10-12-16(13-11-15)31(29,30)26-20-9-5-4-8-19(20)25-21(28)24-18-7-3-2-6-17(18)22/h2-13,26H,1H3,(H,23,27)(H2,24,25,28). The summed E-state index contributed by atoms with van der Waals surface area (Å²) in [7, 11) is -3.92. The van der Waals surface area contributed by atoms with Gasteiger partial charge in [0.15, 0.2) is 0 Å². The van der Waals surface area contributed by atoms with Gasteiger partial charge in [-0.15, -0.1) is 0 Å². The van der Waals surface area contributed by atoms with Gasteiger partial charge in [0.05, 0.1) is 22.0 Å². The van der Waals surface area contributed by atoms with Crippen LogP contribution in [0.15, 0.2) is 82.2 Å². The second kappa shape index (κ2) is 9.63. The SMILES string of the molecule is CC(=O)Nc1ccc(S(=O)(=O)Nc2ccccc2NC(=O)Nc2ccccc2Br)cc1. The third kappa shape index (κ3) is 6.06. The molecule has 3 amide bonds. The first-order valence-corrected chi connectivity index (χ1v) is 11.3. The van der Waals surface area contributed by atoms with E-state index in [-0.39, 0.29) is 22.2 Å². The zero-order valence-corrected chi connectivity index (χ0v) is 18.7. The highest BCUT2D eigenvalue weighted by Crippen LogP contribution is 2.26. The topological polar surface area (TPSA) is 116 Å². The van der Waals surface area contributed by atoms with Gasteiger partial charge in [0.25, 0.3) is 10.0 Å². The highest BCUT2D eigenvalue weighted by molar-refractivity contribution is 9.10. The van der Waals surface area contributed by atoms with Crippen LogP contribution in [0, 0.1) is 0 Å². The lowest BCUT2D eigenvalue weighted by Crippen LogP contribution is -2.21. The summed E-state index contributed by atoms with van der Waals surface area (Å²) in [6, 6.07) is 18.8. The molecular weight excluding hydrogens is 484 g/mol. The minimum Gasteiger partial charge on any atom is -0.326 e. The second-order valence-corrected chi connectivity index (χ2v) is 8.95. The number of hydrogen-bond acceptors (Lipinski definition) is 4. The Morgan fingerprint density at radius 1 is 0.742 bits per heavy atom. The number of urea groups is 1. The predicted molar refractivity (Wildman–Crippen MR) is 125 cm³/mol. The van der Waals surface area contributed by atoms with Crippen molar-refractivity contribution in [2.45, 2.75) is 11.8 Å². The van der Waals surface area contributed by atoms with Crippen LogP contribution in [0.2, 0.25) is 0 Å². The number of nitrogens with one attached hydrogen (secondary N) is 4. The maximum absolute atomic E-state index is 12.8. The number of rotatable bonds is 6. The van der Waals surface area contributed by atoms with Gasteiger partial charge in [-0.05, 0) is 64.5 Å². The summed E-state index contributed by atoms with van der Waals surface area (Å²) in [6.07, 6.45) is 0. The van der Waals surface area contributed by atoms with Crippen molar-refractivity contribution in [3.8, 4) is 0 Å². The third-order valence-corrected chi connectivity index (χ3v) is 6.10. The molecule has 3 aromatic rings. The van der Waals surface area contributed by atoms with Crippen LogP contribution in [0.4, 0.5) is 27.5 Å². The molecule has 3 aromatic carbocycles. The molecule has 0 aliphatic heterocycles. The molecule has 10 heteroatoms. The highest BCUT2D eigenvalue weighted by atomic mass is 79.9. The Hall–Kier alpha value is -3.37. The quantitative estimate of drug-likeness (QED) is 0.385. The van der Waals surface area contributed by atoms with Crippen molar-refractivity contribution in [2.24, 2.45) is 0 Å². The van der Waals surface area contributed by atoms with E-state index in [0.717, 1.165) is 0 Å². The third-order valence-electron chi connectivity index (χ3n) is 4.03. The lowest BCUT2D eigenvalue weighted by molar-refractivity contribution is -0.114. The summed E-state index contributed by atoms with van der Waals surface area (Å²) in [6.45, 7) is 1.36. The Labute approximate surface area is 188 Å². The van der Waals surface area contributed by atoms with Crippen molar-refractivity contribution in [3.63, 3.8) is 0 Å². The number of sulfonamides is 1. The number of para-hydroxylation sites is 3. The van der Waals surface area contributed by atoms with Crippen molar-refractivity contribution in [1.29, 1.82) is 0 Å². The average Bonchev–Trinajstić information content (AvgIpc) is 2.71. The highest BCUT2D eigenvalue weighted by Gasteiger charge is 2.17. The Kier molecular flexibility index (Phi) is 6.93. The van der Waals surface area contributed by atoms with E-state index in [9.17, 15) is 18.0 Å². The van der Waals surface area contributed by atoms with E-state index in [2.05, 4.69) is 36.6 Å². The van der Waals surface area contributed by atoms with Crippen molar-refractivity contribution in [1.82, 2.24) is 0 Å². The largest absolute Gasteiger partial charge is 0.326 e. The van der Waals surface area contributed by atoms with Crippen molar-refractivity contribution in [3.05, 3.63) is 77.3 Å². The van der Waals surface area contributed by atoms with Gasteiger partial charge in [0.2, 0.25) is 5.91 Å². The number of anilines is 4. The summed E-state index contributed by atoms with van der Waals surface area (Å²) in [5.74, 6) is -0.255. The molecule has 0 atom stereocenters. The smallest absolute Gasteiger partial charge is 0.323 e. The van der Waals surface area contributed by atoms with Crippen LogP contribution in [-0.2, 0) is 14.8 Å². The van der Waals surface area contributed by atoms with Gasteiger partial charge in [-0.1, -0.05) is 24.3 Å². The van der Waals surface area contributed by atoms with Crippen molar-refractivity contribution < 1.29 is 18.0 Å². The summed E-state index contributed by atoms with van der Waals surface area (Å²) in [5, 5.41) is 7.91. The fourth-order valence-electron chi connectivity index (χ4n) is 2.64. The van der Waals surface area contributed by atoms with E-state index in [0.29, 0.717) is 15.8 Å². The van der Waals surface area contributed by atoms with Gasteiger partial charge in [-0.3, -0.25) is 9.52 Å². The molecular formula is C21H19BrN4O4S. The number of benzene rings is 3. The molecule has 0 aliphatic carbocycles. The molecule has 0 aromatic heterocycles. The Balaban J connectivity index is 1.76. The first-order valence-electron chi connectivity index (χ1n) is 9.06. The summed E-state index contributed by atoms with van der Waals surface area (Å²) >= 11 is 3.35. The Bertz CT molecular complexity index is 1210. The molecule has 0 aliphatic rings. The van der Waals surface area contributed by atoms with Crippen LogP contribution in [0.5, 0.6) is 0 Å². The molecule has 31 heavy (non-hydrogen) atoms. The van der Waals surface area contributed by atoms with Crippen LogP contribution in [0.25, 0.3) is 0 Å². The predicted octanol–water partition coefficient (Wildman–Crippen LogP) is 4.85. The van der Waals surface area contributed by atoms with Gasteiger partial charge in [-0.25, -0.2) is 13.2 Å². The Morgan fingerprint density at radius 3 is 1.90 bits per heavy atom. The van der Waals surface area contributed by atoms with E-state index in [1.54, 1.807) is 36.4 Å². The first-order chi connectivity index (χ1) is 14.7. The van der Waals surface area contributed by atoms with Gasteiger partial charge in [0, 0.05) is 17.1 Å². The van der Waals surface area contributed by atoms with Gasteiger partial charge < -0.3 is 16.0 Å². The number of carbonyl (C=O) groups is 2. The minimum absolute atomic E-state index is 0.00840. The molecule has 8 nitrogen and oxygen atoms in total. The van der Waals surface area contributed by atoms with Crippen LogP contribution >= 0.6 is 15.9 Å². The molecule has 0 saturated heterocycles. The van der Waals surface area contributed by atoms with E-state index >= 15 is 0 Å². The van der Waals surface area contributed by atoms with Crippen LogP contribution in [0.1, 0.15) is 6.92 Å². The van der Waals surface area contributed by atoms with Crippen molar-refractivity contribution in [2.75, 3.05) is 20.7 Å². The molecule has 0 bridgehead atoms. The fraction of sp³-hybridized carbons (Fsp3) is 0.0476. The van der Waals surface area contributed by atoms with E-state index in [4.69, 9.17) is 0 Å². The Morgan fingerprint density at radius 2 is 1.29 bits per heavy atom. The molecule has 0 unspecified atom stereocenters. The first kappa shape index (κ1) is 22.3. The molecule has 0 fully saturated rings. The van der Waals surface area contributed by atoms with Crippen LogP contribution in [0.3, 0.4) is 0 Å². The monoisotopic (exact) mass is 502 g/mol. The van der Waals surface area contributed by atoms with Crippen molar-refractivity contribution >= 4 is 60.6 Å². The molecule has 0 saturated carbocycles. The number of hydrogen-bond donors (Lipinski definition) is 4. The van der Waals surface area contributed by atoms with E-state index < -0.39 is 16.1 Å². The number of amides is 3. The molecule has 160 valence electrons. The molecule has 0 heterocycles. The van der Waals surface area contributed by atoms with E-state index in [1.165, 1.54) is 37.3 Å². The molecule has 3 rings (SSSR count). The second-order valence-electron chi connectivity index (χ2n) is 6.42. The van der Waals surface area contributed by atoms with Gasteiger partial charge in [-0.2, -0.15) is 0 Å². The maximum Gasteiger partial charge on any atom is 0.323 e. The van der Waals surface area contributed by atoms with Crippen LogP contribution in [-0.4, -0.2) is 20.4 Å². The number of carbonyl (C=O) groups excluding carboxylic acids is 2. The fourth-order valence-corrected chi connectivity index (χ4v) is 4.11. The summed E-state index contributed by atoms with van der Waals surface area (Å²) in [5.41, 5.74) is 1.54. The molecule has 4 N–H and O–H groups in total. The number of halogens is 1. The van der Waals surface area contributed by atoms with Gasteiger partial charge >= 0.3 is 6.03 Å². The van der Waals surface area contributed by atoms with E-state index in [1.807, 2.05) is 6.07 Å². The molecule has 0 spiro atoms.